The third-order valence-electron chi connectivity index (χ3n) is 11.0. The molecule has 4 heteroatoms. The van der Waals surface area contributed by atoms with Crippen molar-refractivity contribution in [2.45, 2.75) is 0 Å². The molecular weight excluding hydrogens is 693 g/mol. The van der Waals surface area contributed by atoms with E-state index >= 15 is 0 Å². The van der Waals surface area contributed by atoms with Crippen molar-refractivity contribution in [3.8, 4) is 62.1 Å². The van der Waals surface area contributed by atoms with Crippen LogP contribution in [0.3, 0.4) is 0 Å². The molecule has 0 unspecified atom stereocenters. The average Bonchev–Trinajstić information content (AvgIpc) is 3.64. The van der Waals surface area contributed by atoms with Crippen LogP contribution in [0, 0.1) is 0 Å². The van der Waals surface area contributed by atoms with Gasteiger partial charge in [-0.25, -0.2) is 15.0 Å². The maximum absolute atomic E-state index is 5.08. The summed E-state index contributed by atoms with van der Waals surface area (Å²) in [7, 11) is 0. The summed E-state index contributed by atoms with van der Waals surface area (Å²) >= 11 is 0. The third-order valence-corrected chi connectivity index (χ3v) is 11.0. The fourth-order valence-electron chi connectivity index (χ4n) is 8.19. The van der Waals surface area contributed by atoms with E-state index in [2.05, 4.69) is 180 Å². The molecule has 11 rings (SSSR count). The van der Waals surface area contributed by atoms with Crippen LogP contribution >= 0.6 is 0 Å². The summed E-state index contributed by atoms with van der Waals surface area (Å²) < 4.78 is 2.38. The Morgan fingerprint density at radius 3 is 1.56 bits per heavy atom. The highest BCUT2D eigenvalue weighted by Gasteiger charge is 2.16. The van der Waals surface area contributed by atoms with E-state index in [1.807, 2.05) is 30.3 Å². The van der Waals surface area contributed by atoms with Gasteiger partial charge >= 0.3 is 0 Å². The van der Waals surface area contributed by atoms with Crippen molar-refractivity contribution in [2.24, 2.45) is 0 Å². The number of benzene rings is 9. The van der Waals surface area contributed by atoms with Gasteiger partial charge in [0.05, 0.1) is 11.0 Å². The monoisotopic (exact) mass is 726 g/mol. The molecule has 2 aromatic heterocycles. The number of hydrogen-bond acceptors (Lipinski definition) is 3. The minimum Gasteiger partial charge on any atom is -0.309 e. The quantitative estimate of drug-likeness (QED) is 0.171. The van der Waals surface area contributed by atoms with Crippen molar-refractivity contribution in [1.82, 2.24) is 19.5 Å². The molecule has 0 fully saturated rings. The fraction of sp³-hybridized carbons (Fsp3) is 0. The van der Waals surface area contributed by atoms with Crippen LogP contribution in [0.15, 0.2) is 206 Å². The third kappa shape index (κ3) is 5.83. The fourth-order valence-corrected chi connectivity index (χ4v) is 8.19. The molecule has 0 aliphatic carbocycles. The number of nitrogens with zero attached hydrogens (tertiary/aromatic N) is 4. The number of hydrogen-bond donors (Lipinski definition) is 0. The lowest BCUT2D eigenvalue weighted by Gasteiger charge is -2.11. The van der Waals surface area contributed by atoms with Crippen molar-refractivity contribution >= 4 is 43.4 Å². The zero-order valence-electron chi connectivity index (χ0n) is 30.9. The largest absolute Gasteiger partial charge is 0.309 e. The molecular formula is C53H34N4. The summed E-state index contributed by atoms with van der Waals surface area (Å²) in [6.07, 6.45) is 0. The first kappa shape index (κ1) is 32.7. The van der Waals surface area contributed by atoms with Gasteiger partial charge in [-0.1, -0.05) is 170 Å². The molecule has 0 N–H and O–H groups in total. The van der Waals surface area contributed by atoms with Crippen LogP contribution < -0.4 is 0 Å². The van der Waals surface area contributed by atoms with E-state index in [1.165, 1.54) is 48.9 Å². The predicted octanol–water partition coefficient (Wildman–Crippen LogP) is 13.6. The van der Waals surface area contributed by atoms with Crippen LogP contribution in [-0.2, 0) is 0 Å². The molecule has 4 nitrogen and oxygen atoms in total. The average molecular weight is 727 g/mol. The van der Waals surface area contributed by atoms with Gasteiger partial charge in [-0.15, -0.1) is 0 Å². The van der Waals surface area contributed by atoms with Crippen molar-refractivity contribution in [3.05, 3.63) is 206 Å². The molecule has 266 valence electrons. The van der Waals surface area contributed by atoms with Crippen LogP contribution in [0.4, 0.5) is 0 Å². The van der Waals surface area contributed by atoms with Gasteiger partial charge in [-0.3, -0.25) is 0 Å². The molecule has 11 aromatic rings. The van der Waals surface area contributed by atoms with Crippen molar-refractivity contribution in [1.29, 1.82) is 0 Å². The van der Waals surface area contributed by atoms with Crippen LogP contribution in [0.2, 0.25) is 0 Å². The van der Waals surface area contributed by atoms with E-state index < -0.39 is 0 Å². The smallest absolute Gasteiger partial charge is 0.164 e. The first-order valence-electron chi connectivity index (χ1n) is 19.3. The molecule has 0 saturated carbocycles. The summed E-state index contributed by atoms with van der Waals surface area (Å²) in [5, 5.41) is 7.52. The second kappa shape index (κ2) is 13.6. The van der Waals surface area contributed by atoms with Gasteiger partial charge in [0.15, 0.2) is 17.5 Å². The Bertz CT molecular complexity index is 3270. The van der Waals surface area contributed by atoms with Gasteiger partial charge in [-0.05, 0) is 80.2 Å². The summed E-state index contributed by atoms with van der Waals surface area (Å²) in [6.45, 7) is 0. The van der Waals surface area contributed by atoms with E-state index in [1.54, 1.807) is 0 Å². The molecule has 57 heavy (non-hydrogen) atoms. The minimum absolute atomic E-state index is 0.633. The molecule has 0 spiro atoms. The number of para-hydroxylation sites is 1. The van der Waals surface area contributed by atoms with Gasteiger partial charge in [0.1, 0.15) is 0 Å². The highest BCUT2D eigenvalue weighted by atomic mass is 15.0. The number of fused-ring (bicyclic) bond motifs is 6. The van der Waals surface area contributed by atoms with Crippen LogP contribution in [0.1, 0.15) is 0 Å². The second-order valence-electron chi connectivity index (χ2n) is 14.5. The van der Waals surface area contributed by atoms with Gasteiger partial charge < -0.3 is 4.57 Å². The first-order valence-corrected chi connectivity index (χ1v) is 19.3. The lowest BCUT2D eigenvalue weighted by Crippen LogP contribution is -2.00. The SMILES string of the molecule is c1ccc(-c2nc(-c3ccc(-c4ccc5ccccc5c4)cc3)nc(-c3cccc(-c4ccc(-n5c6ccccc6c6c7ccccc7ccc65)cc4)c3)n2)cc1. The van der Waals surface area contributed by atoms with Crippen molar-refractivity contribution in [3.63, 3.8) is 0 Å². The summed E-state index contributed by atoms with van der Waals surface area (Å²) in [5.74, 6) is 1.91. The molecule has 2 heterocycles. The van der Waals surface area contributed by atoms with E-state index in [0.717, 1.165) is 39.1 Å². The highest BCUT2D eigenvalue weighted by molar-refractivity contribution is 6.21. The van der Waals surface area contributed by atoms with Crippen LogP contribution in [-0.4, -0.2) is 19.5 Å². The first-order chi connectivity index (χ1) is 28.2. The number of rotatable bonds is 6. The molecule has 0 aliphatic heterocycles. The normalized spacial score (nSPS) is 11.5. The zero-order valence-corrected chi connectivity index (χ0v) is 30.9. The van der Waals surface area contributed by atoms with Crippen molar-refractivity contribution in [2.75, 3.05) is 0 Å². The Kier molecular flexibility index (Phi) is 7.78. The van der Waals surface area contributed by atoms with E-state index in [-0.39, 0.29) is 0 Å². The molecule has 0 atom stereocenters. The Balaban J connectivity index is 0.959. The topological polar surface area (TPSA) is 43.6 Å². The Labute approximate surface area is 330 Å². The predicted molar refractivity (Wildman–Crippen MR) is 236 cm³/mol. The lowest BCUT2D eigenvalue weighted by molar-refractivity contribution is 1.07. The van der Waals surface area contributed by atoms with Gasteiger partial charge in [0.25, 0.3) is 0 Å². The van der Waals surface area contributed by atoms with Crippen LogP contribution in [0.5, 0.6) is 0 Å². The summed E-state index contributed by atoms with van der Waals surface area (Å²) in [6, 6.07) is 72.9. The molecule has 0 aliphatic rings. The molecule has 9 aromatic carbocycles. The van der Waals surface area contributed by atoms with Gasteiger partial charge in [0.2, 0.25) is 0 Å². The summed E-state index contributed by atoms with van der Waals surface area (Å²) in [4.78, 5) is 15.1. The van der Waals surface area contributed by atoms with E-state index in [9.17, 15) is 0 Å². The molecule has 0 radical (unpaired) electrons. The summed E-state index contributed by atoms with van der Waals surface area (Å²) in [5.41, 5.74) is 10.9. The maximum atomic E-state index is 5.08. The standard InChI is InChI=1S/C53H34N4/c1-2-13-39(14-3-1)51-54-52(40-24-21-36(22-25-40)43-26-23-35-11-4-5-15-41(35)33-43)56-53(55-51)44-17-10-16-42(34-44)37-27-30-45(31-28-37)57-48-20-9-8-19-47(48)50-46-18-7-6-12-38(46)29-32-49(50)57/h1-34H. The zero-order chi connectivity index (χ0) is 37.7. The van der Waals surface area contributed by atoms with Gasteiger partial charge in [-0.2, -0.15) is 0 Å². The maximum Gasteiger partial charge on any atom is 0.164 e. The molecule has 0 amide bonds. The van der Waals surface area contributed by atoms with Crippen LogP contribution in [0.25, 0.3) is 105 Å². The molecule has 0 saturated heterocycles. The van der Waals surface area contributed by atoms with E-state index in [4.69, 9.17) is 15.0 Å². The lowest BCUT2D eigenvalue weighted by atomic mass is 10.00. The Morgan fingerprint density at radius 1 is 0.281 bits per heavy atom. The minimum atomic E-state index is 0.633. The van der Waals surface area contributed by atoms with Gasteiger partial charge in [0, 0.05) is 33.2 Å². The Hall–Kier alpha value is -7.69. The highest BCUT2D eigenvalue weighted by Crippen LogP contribution is 2.37. The van der Waals surface area contributed by atoms with E-state index in [0.29, 0.717) is 17.5 Å². The Morgan fingerprint density at radius 2 is 0.789 bits per heavy atom. The molecule has 0 bridgehead atoms. The second-order valence-corrected chi connectivity index (χ2v) is 14.5. The number of aromatic nitrogens is 4. The van der Waals surface area contributed by atoms with Crippen molar-refractivity contribution < 1.29 is 0 Å².